The Morgan fingerprint density at radius 1 is 1.33 bits per heavy atom. The Balaban J connectivity index is 1.32. The minimum Gasteiger partial charge on any atom is -0.360 e. The first-order valence-electron chi connectivity index (χ1n) is 7.75. The molecule has 2 aromatic heterocycles. The van der Waals surface area contributed by atoms with Gasteiger partial charge in [-0.25, -0.2) is 4.98 Å². The van der Waals surface area contributed by atoms with Crippen LogP contribution in [-0.2, 0) is 6.54 Å². The molecule has 4 rings (SSSR count). The van der Waals surface area contributed by atoms with Gasteiger partial charge in [-0.3, -0.25) is 0 Å². The van der Waals surface area contributed by atoms with Crippen molar-refractivity contribution < 1.29 is 0 Å². The molecule has 110 valence electrons. The second-order valence-corrected chi connectivity index (χ2v) is 6.71. The smallest absolute Gasteiger partial charge is 0.166 e. The van der Waals surface area contributed by atoms with E-state index < -0.39 is 0 Å². The summed E-state index contributed by atoms with van der Waals surface area (Å²) in [6.45, 7) is 0.675. The largest absolute Gasteiger partial charge is 0.360 e. The van der Waals surface area contributed by atoms with Gasteiger partial charge >= 0.3 is 0 Å². The van der Waals surface area contributed by atoms with Crippen molar-refractivity contribution in [2.75, 3.05) is 0 Å². The van der Waals surface area contributed by atoms with E-state index in [0.717, 1.165) is 28.3 Å². The van der Waals surface area contributed by atoms with E-state index in [1.165, 1.54) is 25.7 Å². The minimum absolute atomic E-state index is 0.588. The Morgan fingerprint density at radius 3 is 3.05 bits per heavy atom. The predicted octanol–water partition coefficient (Wildman–Crippen LogP) is 2.49. The molecular formula is C16H20N4S. The van der Waals surface area contributed by atoms with Crippen LogP contribution in [0.25, 0.3) is 5.65 Å². The van der Waals surface area contributed by atoms with Gasteiger partial charge in [-0.1, -0.05) is 12.5 Å². The normalized spacial score (nSPS) is 27.1. The summed E-state index contributed by atoms with van der Waals surface area (Å²) in [6.07, 6.45) is 9.54. The predicted molar refractivity (Wildman–Crippen MR) is 87.0 cm³/mol. The lowest BCUT2D eigenvalue weighted by Crippen LogP contribution is -2.44. The average Bonchev–Trinajstić information content (AvgIpc) is 3.19. The maximum atomic E-state index is 5.43. The maximum Gasteiger partial charge on any atom is 0.166 e. The monoisotopic (exact) mass is 300 g/mol. The molecule has 3 atom stereocenters. The lowest BCUT2D eigenvalue weighted by Gasteiger charge is -2.24. The number of aromatic nitrogens is 2. The first-order valence-corrected chi connectivity index (χ1v) is 8.16. The van der Waals surface area contributed by atoms with Crippen molar-refractivity contribution in [1.29, 1.82) is 0 Å². The fourth-order valence-electron chi connectivity index (χ4n) is 3.88. The zero-order valence-electron chi connectivity index (χ0n) is 12.0. The first kappa shape index (κ1) is 13.1. The van der Waals surface area contributed by atoms with Gasteiger partial charge in [0.05, 0.1) is 12.2 Å². The summed E-state index contributed by atoms with van der Waals surface area (Å²) >= 11 is 5.43. The molecule has 21 heavy (non-hydrogen) atoms. The molecule has 0 unspecified atom stereocenters. The number of fused-ring (bicyclic) bond motifs is 3. The number of thiocarbonyl (C=S) groups is 1. The van der Waals surface area contributed by atoms with Gasteiger partial charge in [0.25, 0.3) is 0 Å². The number of imidazole rings is 1. The molecule has 5 heteroatoms. The molecule has 2 saturated carbocycles. The third-order valence-electron chi connectivity index (χ3n) is 4.90. The van der Waals surface area contributed by atoms with E-state index >= 15 is 0 Å². The minimum atomic E-state index is 0.588. The molecule has 0 radical (unpaired) electrons. The summed E-state index contributed by atoms with van der Waals surface area (Å²) in [5.41, 5.74) is 1.99. The van der Waals surface area contributed by atoms with Crippen molar-refractivity contribution in [3.05, 3.63) is 36.3 Å². The molecule has 4 nitrogen and oxygen atoms in total. The van der Waals surface area contributed by atoms with E-state index in [1.54, 1.807) is 0 Å². The van der Waals surface area contributed by atoms with Gasteiger partial charge in [0.1, 0.15) is 5.65 Å². The lowest BCUT2D eigenvalue weighted by molar-refractivity contribution is 0.389. The van der Waals surface area contributed by atoms with Gasteiger partial charge in [-0.05, 0) is 55.4 Å². The second-order valence-electron chi connectivity index (χ2n) is 6.31. The lowest BCUT2D eigenvalue weighted by atomic mass is 9.96. The summed E-state index contributed by atoms with van der Waals surface area (Å²) in [7, 11) is 0. The van der Waals surface area contributed by atoms with Crippen LogP contribution in [0.1, 0.15) is 31.4 Å². The molecule has 2 bridgehead atoms. The molecule has 0 aliphatic heterocycles. The van der Waals surface area contributed by atoms with Crippen molar-refractivity contribution in [1.82, 2.24) is 20.0 Å². The van der Waals surface area contributed by atoms with Crippen LogP contribution in [0.5, 0.6) is 0 Å². The maximum absolute atomic E-state index is 5.43. The van der Waals surface area contributed by atoms with Crippen molar-refractivity contribution in [3.63, 3.8) is 0 Å². The van der Waals surface area contributed by atoms with Gasteiger partial charge < -0.3 is 15.0 Å². The number of nitrogens with one attached hydrogen (secondary N) is 2. The van der Waals surface area contributed by atoms with Gasteiger partial charge in [0.2, 0.25) is 0 Å². The van der Waals surface area contributed by atoms with E-state index in [-0.39, 0.29) is 0 Å². The van der Waals surface area contributed by atoms with E-state index in [1.807, 2.05) is 35.0 Å². The zero-order chi connectivity index (χ0) is 14.2. The third kappa shape index (κ3) is 2.62. The highest BCUT2D eigenvalue weighted by molar-refractivity contribution is 7.80. The topological polar surface area (TPSA) is 41.4 Å². The second kappa shape index (κ2) is 5.30. The van der Waals surface area contributed by atoms with Crippen LogP contribution in [0.15, 0.2) is 30.6 Å². The highest BCUT2D eigenvalue weighted by atomic mass is 32.1. The Bertz CT molecular complexity index is 632. The molecule has 2 aromatic rings. The van der Waals surface area contributed by atoms with Crippen LogP contribution in [0.2, 0.25) is 0 Å². The summed E-state index contributed by atoms with van der Waals surface area (Å²) < 4.78 is 2.03. The quantitative estimate of drug-likeness (QED) is 0.855. The van der Waals surface area contributed by atoms with Crippen LogP contribution < -0.4 is 10.6 Å². The third-order valence-corrected chi connectivity index (χ3v) is 5.16. The number of nitrogens with zero attached hydrogens (tertiary/aromatic N) is 2. The molecule has 2 heterocycles. The molecule has 2 N–H and O–H groups in total. The Morgan fingerprint density at radius 2 is 2.29 bits per heavy atom. The van der Waals surface area contributed by atoms with Gasteiger partial charge in [-0.2, -0.15) is 0 Å². The van der Waals surface area contributed by atoms with Crippen molar-refractivity contribution in [2.24, 2.45) is 11.8 Å². The van der Waals surface area contributed by atoms with Gasteiger partial charge in [0, 0.05) is 18.4 Å². The highest BCUT2D eigenvalue weighted by Gasteiger charge is 2.39. The standard InChI is InChI=1S/C16H20N4S/c21-16(19-14-8-11-4-5-12(14)7-11)17-9-13-10-20-6-2-1-3-15(20)18-13/h1-3,6,10-12,14H,4-5,7-9H2,(H2,17,19,21)/t11-,12-,14-/m0/s1. The van der Waals surface area contributed by atoms with Crippen molar-refractivity contribution >= 4 is 23.0 Å². The van der Waals surface area contributed by atoms with Crippen molar-refractivity contribution in [2.45, 2.75) is 38.3 Å². The van der Waals surface area contributed by atoms with Crippen LogP contribution in [-0.4, -0.2) is 20.5 Å². The fourth-order valence-corrected chi connectivity index (χ4v) is 4.11. The number of hydrogen-bond acceptors (Lipinski definition) is 2. The van der Waals surface area contributed by atoms with Crippen molar-refractivity contribution in [3.8, 4) is 0 Å². The highest BCUT2D eigenvalue weighted by Crippen LogP contribution is 2.44. The molecule has 0 spiro atoms. The van der Waals surface area contributed by atoms with Gasteiger partial charge in [-0.15, -0.1) is 0 Å². The Labute approximate surface area is 130 Å². The fraction of sp³-hybridized carbons (Fsp3) is 0.500. The summed E-state index contributed by atoms with van der Waals surface area (Å²) in [5.74, 6) is 1.78. The number of rotatable bonds is 3. The first-order chi connectivity index (χ1) is 10.3. The molecule has 0 saturated heterocycles. The average molecular weight is 300 g/mol. The van der Waals surface area contributed by atoms with Gasteiger partial charge in [0.15, 0.2) is 5.11 Å². The SMILES string of the molecule is S=C(NCc1cn2ccccc2n1)N[C@H]1C[C@H]2CC[C@H]1C2. The van der Waals surface area contributed by atoms with E-state index in [4.69, 9.17) is 12.2 Å². The van der Waals surface area contributed by atoms with E-state index in [9.17, 15) is 0 Å². The molecule has 2 aliphatic rings. The molecule has 0 amide bonds. The summed E-state index contributed by atoms with van der Waals surface area (Å²) in [4.78, 5) is 4.57. The molecule has 2 aliphatic carbocycles. The Hall–Kier alpha value is -1.62. The summed E-state index contributed by atoms with van der Waals surface area (Å²) in [6, 6.07) is 6.61. The zero-order valence-corrected chi connectivity index (χ0v) is 12.8. The Kier molecular flexibility index (Phi) is 3.30. The number of hydrogen-bond donors (Lipinski definition) is 2. The molecule has 0 aromatic carbocycles. The van der Waals surface area contributed by atoms with E-state index in [0.29, 0.717) is 12.6 Å². The molecule has 2 fully saturated rings. The summed E-state index contributed by atoms with van der Waals surface area (Å²) in [5, 5.41) is 7.56. The molecular weight excluding hydrogens is 280 g/mol. The van der Waals surface area contributed by atoms with Crippen LogP contribution in [0.3, 0.4) is 0 Å². The van der Waals surface area contributed by atoms with Crippen LogP contribution in [0, 0.1) is 11.8 Å². The van der Waals surface area contributed by atoms with Crippen LogP contribution in [0.4, 0.5) is 0 Å². The van der Waals surface area contributed by atoms with Crippen LogP contribution >= 0.6 is 12.2 Å². The number of pyridine rings is 1. The van der Waals surface area contributed by atoms with E-state index in [2.05, 4.69) is 15.6 Å².